The van der Waals surface area contributed by atoms with E-state index in [9.17, 15) is 14.4 Å². The van der Waals surface area contributed by atoms with Gasteiger partial charge in [-0.25, -0.2) is 0 Å². The SMILES string of the molecule is CC/C=C\C/C=C\C/C=C\C/C=C\CCCCCCCCCCCCCCCCCCC(=O)OCC(COC(=O)CCCCCCCCCCCCC)OC(=O)CCCCCCCC/C=C\C/C=C\C/C=C\C/C=C\CC. The third kappa shape index (κ3) is 63.0. The highest BCUT2D eigenvalue weighted by molar-refractivity contribution is 5.71. The molecule has 0 amide bonds. The summed E-state index contributed by atoms with van der Waals surface area (Å²) < 4.78 is 16.9. The summed E-state index contributed by atoms with van der Waals surface area (Å²) in [6, 6.07) is 0. The smallest absolute Gasteiger partial charge is 0.306 e. The minimum absolute atomic E-state index is 0.0796. The summed E-state index contributed by atoms with van der Waals surface area (Å²) in [4.78, 5) is 38.3. The predicted molar refractivity (Wildman–Crippen MR) is 334 cm³/mol. The molecule has 0 bridgehead atoms. The Kier molecular flexibility index (Phi) is 61.8. The van der Waals surface area contributed by atoms with Gasteiger partial charge in [0.15, 0.2) is 6.10 Å². The maximum absolute atomic E-state index is 12.9. The maximum atomic E-state index is 12.9. The van der Waals surface area contributed by atoms with Gasteiger partial charge >= 0.3 is 17.9 Å². The first kappa shape index (κ1) is 73.3. The Hall–Kier alpha value is -3.67. The van der Waals surface area contributed by atoms with Crippen LogP contribution >= 0.6 is 0 Å². The summed E-state index contributed by atoms with van der Waals surface area (Å²) in [5.74, 6) is -0.882. The van der Waals surface area contributed by atoms with Crippen molar-refractivity contribution in [1.82, 2.24) is 0 Å². The van der Waals surface area contributed by atoms with E-state index in [2.05, 4.69) is 118 Å². The van der Waals surface area contributed by atoms with Crippen LogP contribution in [0.5, 0.6) is 0 Å². The van der Waals surface area contributed by atoms with E-state index in [4.69, 9.17) is 14.2 Å². The first-order valence-electron chi connectivity index (χ1n) is 32.7. The Morgan fingerprint density at radius 3 is 0.792 bits per heavy atom. The van der Waals surface area contributed by atoms with Crippen LogP contribution in [0.25, 0.3) is 0 Å². The molecule has 0 heterocycles. The normalized spacial score (nSPS) is 12.7. The fourth-order valence-electron chi connectivity index (χ4n) is 9.25. The molecule has 0 aromatic rings. The van der Waals surface area contributed by atoms with Gasteiger partial charge in [0.05, 0.1) is 0 Å². The van der Waals surface area contributed by atoms with Crippen molar-refractivity contribution in [2.75, 3.05) is 13.2 Å². The Bertz CT molecular complexity index is 1510. The van der Waals surface area contributed by atoms with Crippen LogP contribution < -0.4 is 0 Å². The highest BCUT2D eigenvalue weighted by Crippen LogP contribution is 2.17. The minimum Gasteiger partial charge on any atom is -0.462 e. The van der Waals surface area contributed by atoms with Gasteiger partial charge in [-0.3, -0.25) is 14.4 Å². The number of hydrogen-bond acceptors (Lipinski definition) is 6. The lowest BCUT2D eigenvalue weighted by Crippen LogP contribution is -2.30. The van der Waals surface area contributed by atoms with Crippen LogP contribution in [0.3, 0.4) is 0 Å². The van der Waals surface area contributed by atoms with Gasteiger partial charge in [0.25, 0.3) is 0 Å². The van der Waals surface area contributed by atoms with Crippen LogP contribution in [0.4, 0.5) is 0 Å². The van der Waals surface area contributed by atoms with E-state index in [-0.39, 0.29) is 31.1 Å². The lowest BCUT2D eigenvalue weighted by molar-refractivity contribution is -0.167. The number of allylic oxidation sites excluding steroid dienone is 16. The largest absolute Gasteiger partial charge is 0.462 e. The molecule has 0 aromatic carbocycles. The average molecular weight is 1070 g/mol. The topological polar surface area (TPSA) is 78.9 Å². The number of ether oxygens (including phenoxy) is 3. The molecule has 0 saturated carbocycles. The van der Waals surface area contributed by atoms with Gasteiger partial charge in [0, 0.05) is 19.3 Å². The highest BCUT2D eigenvalue weighted by atomic mass is 16.6. The molecule has 0 fully saturated rings. The molecule has 0 rings (SSSR count). The molecule has 442 valence electrons. The van der Waals surface area contributed by atoms with E-state index in [1.807, 2.05) is 0 Å². The van der Waals surface area contributed by atoms with Gasteiger partial charge in [-0.05, 0) is 96.3 Å². The summed E-state index contributed by atoms with van der Waals surface area (Å²) in [6.45, 7) is 6.43. The standard InChI is InChI=1S/C71H122O6/c1-4-7-10-13-16-19-22-24-26-28-30-31-32-33-34-35-36-37-38-39-41-42-44-46-49-52-55-58-61-64-70(73)76-67-68(66-75-69(72)63-60-57-54-51-48-21-18-15-12-9-6-3)77-71(74)65-62-59-56-53-50-47-45-43-40-29-27-25-23-20-17-14-11-8-5-2/h7-8,10-11,16-17,19-20,24-27,30-31,40,43,68H,4-6,9,12-15,18,21-23,28-29,32-39,41-42,44-67H2,1-3H3/b10-7-,11-8-,19-16-,20-17-,26-24-,27-25-,31-30-,43-40-. The van der Waals surface area contributed by atoms with Crippen molar-refractivity contribution in [3.8, 4) is 0 Å². The molecular weight excluding hydrogens is 949 g/mol. The number of unbranched alkanes of at least 4 members (excludes halogenated alkanes) is 32. The Labute approximate surface area is 477 Å². The zero-order chi connectivity index (χ0) is 55.7. The van der Waals surface area contributed by atoms with Gasteiger partial charge < -0.3 is 14.2 Å². The van der Waals surface area contributed by atoms with Crippen LogP contribution in [0.15, 0.2) is 97.2 Å². The minimum atomic E-state index is -0.783. The molecule has 1 unspecified atom stereocenters. The van der Waals surface area contributed by atoms with Crippen LogP contribution in [0.2, 0.25) is 0 Å². The Morgan fingerprint density at radius 2 is 0.506 bits per heavy atom. The lowest BCUT2D eigenvalue weighted by atomic mass is 10.0. The van der Waals surface area contributed by atoms with Gasteiger partial charge in [-0.1, -0.05) is 298 Å². The quantitative estimate of drug-likeness (QED) is 0.0261. The summed E-state index contributed by atoms with van der Waals surface area (Å²) in [5.41, 5.74) is 0. The van der Waals surface area contributed by atoms with Gasteiger partial charge in [-0.15, -0.1) is 0 Å². The molecule has 0 aliphatic heterocycles. The van der Waals surface area contributed by atoms with Crippen LogP contribution in [0, 0.1) is 0 Å². The molecular formula is C71H122O6. The summed E-state index contributed by atoms with van der Waals surface area (Å²) >= 11 is 0. The third-order valence-electron chi connectivity index (χ3n) is 14.1. The molecule has 0 spiro atoms. The van der Waals surface area contributed by atoms with E-state index in [1.54, 1.807) is 0 Å². The van der Waals surface area contributed by atoms with Crippen LogP contribution in [-0.4, -0.2) is 37.2 Å². The van der Waals surface area contributed by atoms with E-state index < -0.39 is 6.10 Å². The van der Waals surface area contributed by atoms with Crippen LogP contribution in [0.1, 0.15) is 316 Å². The van der Waals surface area contributed by atoms with E-state index in [0.717, 1.165) is 122 Å². The summed E-state index contributed by atoms with van der Waals surface area (Å²) in [5, 5.41) is 0. The van der Waals surface area contributed by atoms with Crippen molar-refractivity contribution >= 4 is 17.9 Å². The van der Waals surface area contributed by atoms with Crippen molar-refractivity contribution in [1.29, 1.82) is 0 Å². The molecule has 0 saturated heterocycles. The van der Waals surface area contributed by atoms with Crippen molar-refractivity contribution in [3.05, 3.63) is 97.2 Å². The second-order valence-electron chi connectivity index (χ2n) is 21.6. The van der Waals surface area contributed by atoms with Gasteiger partial charge in [0.2, 0.25) is 0 Å². The molecule has 0 N–H and O–H groups in total. The Balaban J connectivity index is 4.22. The van der Waals surface area contributed by atoms with Crippen molar-refractivity contribution in [2.24, 2.45) is 0 Å². The lowest BCUT2D eigenvalue weighted by Gasteiger charge is -2.18. The van der Waals surface area contributed by atoms with Gasteiger partial charge in [0.1, 0.15) is 13.2 Å². The van der Waals surface area contributed by atoms with Crippen molar-refractivity contribution < 1.29 is 28.6 Å². The van der Waals surface area contributed by atoms with Crippen molar-refractivity contribution in [3.63, 3.8) is 0 Å². The second kappa shape index (κ2) is 64.9. The molecule has 1 atom stereocenters. The number of hydrogen-bond donors (Lipinski definition) is 0. The first-order chi connectivity index (χ1) is 38.0. The second-order valence-corrected chi connectivity index (χ2v) is 21.6. The number of carbonyl (C=O) groups is 3. The van der Waals surface area contributed by atoms with Crippen LogP contribution in [-0.2, 0) is 28.6 Å². The first-order valence-corrected chi connectivity index (χ1v) is 32.7. The molecule has 77 heavy (non-hydrogen) atoms. The summed E-state index contributed by atoms with van der Waals surface area (Å²) in [6.07, 6.45) is 87.1. The fraction of sp³-hybridized carbons (Fsp3) is 0.732. The number of carbonyl (C=O) groups excluding carboxylic acids is 3. The number of esters is 3. The molecule has 6 nitrogen and oxygen atoms in total. The van der Waals surface area contributed by atoms with E-state index in [0.29, 0.717) is 19.3 Å². The van der Waals surface area contributed by atoms with E-state index in [1.165, 1.54) is 154 Å². The molecule has 0 radical (unpaired) electrons. The Morgan fingerprint density at radius 1 is 0.273 bits per heavy atom. The zero-order valence-corrected chi connectivity index (χ0v) is 50.7. The zero-order valence-electron chi connectivity index (χ0n) is 50.7. The maximum Gasteiger partial charge on any atom is 0.306 e. The predicted octanol–water partition coefficient (Wildman–Crippen LogP) is 22.4. The number of rotatable bonds is 59. The van der Waals surface area contributed by atoms with Crippen molar-refractivity contribution in [2.45, 2.75) is 322 Å². The average Bonchev–Trinajstić information content (AvgIpc) is 3.43. The molecule has 0 aliphatic rings. The van der Waals surface area contributed by atoms with E-state index >= 15 is 0 Å². The monoisotopic (exact) mass is 1070 g/mol. The third-order valence-corrected chi connectivity index (χ3v) is 14.1. The molecule has 0 aliphatic carbocycles. The molecule has 0 aromatic heterocycles. The highest BCUT2D eigenvalue weighted by Gasteiger charge is 2.19. The summed E-state index contributed by atoms with van der Waals surface area (Å²) in [7, 11) is 0. The van der Waals surface area contributed by atoms with Gasteiger partial charge in [-0.2, -0.15) is 0 Å². The fourth-order valence-corrected chi connectivity index (χ4v) is 9.25. The molecule has 6 heteroatoms.